The number of rotatable bonds is 4. The summed E-state index contributed by atoms with van der Waals surface area (Å²) in [5, 5.41) is 23.0. The number of phenols is 1. The molecule has 0 aromatic heterocycles. The molecule has 2 saturated carbocycles. The van der Waals surface area contributed by atoms with Crippen molar-refractivity contribution >= 4 is 40.6 Å². The SMILES string of the molecule is CC1CCC(C)N1Cc1cc(O)c2c(c1Cl)C[C@H]1C[C@H]3[C@H](N(C)C)C(=O)C(C(N)=O)C(=O)[C@@]3(O)C(=O)C1C2=O. The summed E-state index contributed by atoms with van der Waals surface area (Å²) >= 11 is 6.86. The average Bonchev–Trinajstić information content (AvgIpc) is 3.16. The van der Waals surface area contributed by atoms with Crippen LogP contribution in [0, 0.1) is 23.7 Å². The second kappa shape index (κ2) is 9.47. The van der Waals surface area contributed by atoms with E-state index in [1.807, 2.05) is 0 Å². The maximum absolute atomic E-state index is 13.9. The van der Waals surface area contributed by atoms with Crippen molar-refractivity contribution in [3.63, 3.8) is 0 Å². The Morgan fingerprint density at radius 1 is 1.15 bits per heavy atom. The van der Waals surface area contributed by atoms with Crippen LogP contribution in [0.3, 0.4) is 0 Å². The first-order valence-corrected chi connectivity index (χ1v) is 13.7. The summed E-state index contributed by atoms with van der Waals surface area (Å²) in [6, 6.07) is 0.988. The average molecular weight is 560 g/mol. The van der Waals surface area contributed by atoms with E-state index in [2.05, 4.69) is 18.7 Å². The Kier molecular flexibility index (Phi) is 6.77. The summed E-state index contributed by atoms with van der Waals surface area (Å²) in [5.41, 5.74) is 3.63. The van der Waals surface area contributed by atoms with E-state index < -0.39 is 64.4 Å². The van der Waals surface area contributed by atoms with Crippen molar-refractivity contribution in [2.45, 2.75) is 69.8 Å². The van der Waals surface area contributed by atoms with Gasteiger partial charge in [-0.15, -0.1) is 0 Å². The van der Waals surface area contributed by atoms with Crippen molar-refractivity contribution in [1.29, 1.82) is 0 Å². The van der Waals surface area contributed by atoms with Gasteiger partial charge in [0, 0.05) is 29.6 Å². The predicted molar refractivity (Wildman–Crippen MR) is 140 cm³/mol. The zero-order valence-corrected chi connectivity index (χ0v) is 23.2. The fourth-order valence-corrected chi connectivity index (χ4v) is 7.87. The standard InChI is InChI=1S/C28H34ClN3O7/c1-11-5-6-12(2)32(11)10-14-9-17(33)19-15(21(14)29)7-13-8-16-22(31(3)4)24(35)20(27(30)38)26(37)28(16,39)25(36)18(13)23(19)34/h9,11-13,16,18,20,22,33,39H,5-8,10H2,1-4H3,(H2,30,38)/t11?,12?,13-,16-,18?,20?,22-,28-/m0/s1. The third kappa shape index (κ3) is 3.90. The molecule has 1 aliphatic heterocycles. The highest BCUT2D eigenvalue weighted by Gasteiger charge is 2.69. The molecule has 11 heteroatoms. The molecule has 1 saturated heterocycles. The number of fused-ring (bicyclic) bond motifs is 3. The quantitative estimate of drug-likeness (QED) is 0.455. The number of phenolic OH excluding ortho intramolecular Hbond substituents is 1. The van der Waals surface area contributed by atoms with Gasteiger partial charge in [0.25, 0.3) is 0 Å². The summed E-state index contributed by atoms with van der Waals surface area (Å²) in [4.78, 5) is 70.0. The molecule has 4 N–H and O–H groups in total. The number of Topliss-reactive ketones (excluding diaryl/α,β-unsaturated/α-hetero) is 4. The molecule has 1 aromatic rings. The van der Waals surface area contributed by atoms with E-state index >= 15 is 0 Å². The first-order valence-electron chi connectivity index (χ1n) is 13.3. The van der Waals surface area contributed by atoms with Gasteiger partial charge in [-0.2, -0.15) is 0 Å². The molecule has 1 aromatic carbocycles. The minimum Gasteiger partial charge on any atom is -0.507 e. The number of nitrogens with zero attached hydrogens (tertiary/aromatic N) is 2. The third-order valence-electron chi connectivity index (χ3n) is 9.56. The fraction of sp³-hybridized carbons (Fsp3) is 0.607. The van der Waals surface area contributed by atoms with Crippen molar-refractivity contribution in [3.8, 4) is 5.75 Å². The normalized spacial score (nSPS) is 36.6. The molecule has 1 heterocycles. The molecule has 8 atom stereocenters. The highest BCUT2D eigenvalue weighted by molar-refractivity contribution is 6.34. The highest BCUT2D eigenvalue weighted by Crippen LogP contribution is 2.52. The lowest BCUT2D eigenvalue weighted by atomic mass is 9.52. The van der Waals surface area contributed by atoms with Crippen LogP contribution in [0.1, 0.15) is 54.6 Å². The van der Waals surface area contributed by atoms with Crippen LogP contribution in [-0.4, -0.2) is 86.9 Å². The molecule has 4 aliphatic rings. The number of likely N-dealkylation sites (N-methyl/N-ethyl adjacent to an activating group) is 1. The molecule has 0 radical (unpaired) electrons. The third-order valence-corrected chi connectivity index (χ3v) is 10.0. The van der Waals surface area contributed by atoms with E-state index in [0.717, 1.165) is 12.8 Å². The van der Waals surface area contributed by atoms with Crippen LogP contribution < -0.4 is 5.73 Å². The van der Waals surface area contributed by atoms with Crippen molar-refractivity contribution in [2.75, 3.05) is 14.1 Å². The van der Waals surface area contributed by atoms with E-state index in [4.69, 9.17) is 17.3 Å². The summed E-state index contributed by atoms with van der Waals surface area (Å²) in [6.07, 6.45) is 2.24. The zero-order valence-electron chi connectivity index (χ0n) is 22.4. The highest BCUT2D eigenvalue weighted by atomic mass is 35.5. The number of benzene rings is 1. The minimum absolute atomic E-state index is 0.00853. The Morgan fingerprint density at radius 3 is 2.33 bits per heavy atom. The molecule has 1 amide bonds. The van der Waals surface area contributed by atoms with Gasteiger partial charge in [0.15, 0.2) is 34.7 Å². The number of nitrogens with two attached hydrogens (primary N) is 1. The Balaban J connectivity index is 1.58. The molecule has 210 valence electrons. The topological polar surface area (TPSA) is 158 Å². The molecule has 3 aliphatic carbocycles. The van der Waals surface area contributed by atoms with Crippen LogP contribution >= 0.6 is 11.6 Å². The number of aromatic hydroxyl groups is 1. The lowest BCUT2D eigenvalue weighted by molar-refractivity contribution is -0.181. The van der Waals surface area contributed by atoms with Gasteiger partial charge in [-0.1, -0.05) is 11.6 Å². The van der Waals surface area contributed by atoms with Crippen LogP contribution in [0.2, 0.25) is 5.02 Å². The molecular formula is C28H34ClN3O7. The van der Waals surface area contributed by atoms with Crippen molar-refractivity contribution in [3.05, 3.63) is 27.8 Å². The van der Waals surface area contributed by atoms with Gasteiger partial charge in [0.05, 0.1) is 17.5 Å². The van der Waals surface area contributed by atoms with Gasteiger partial charge in [0.2, 0.25) is 5.91 Å². The Labute approximate surface area is 231 Å². The van der Waals surface area contributed by atoms with Crippen molar-refractivity contribution < 1.29 is 34.2 Å². The molecular weight excluding hydrogens is 526 g/mol. The molecule has 0 spiro atoms. The number of halogens is 1. The summed E-state index contributed by atoms with van der Waals surface area (Å²) in [5.74, 6) is -10.7. The Hall–Kier alpha value is -2.66. The maximum atomic E-state index is 13.9. The predicted octanol–water partition coefficient (Wildman–Crippen LogP) is 0.893. The number of ketones is 4. The molecule has 10 nitrogen and oxygen atoms in total. The Bertz CT molecular complexity index is 1300. The van der Waals surface area contributed by atoms with E-state index in [9.17, 15) is 34.2 Å². The summed E-state index contributed by atoms with van der Waals surface area (Å²) in [7, 11) is 3.10. The van der Waals surface area contributed by atoms with Crippen LogP contribution in [0.4, 0.5) is 0 Å². The lowest BCUT2D eigenvalue weighted by Crippen LogP contribution is -2.74. The van der Waals surface area contributed by atoms with E-state index in [1.165, 1.54) is 11.0 Å². The minimum atomic E-state index is -2.74. The maximum Gasteiger partial charge on any atom is 0.235 e. The number of carbonyl (C=O) groups excluding carboxylic acids is 5. The second-order valence-electron chi connectivity index (χ2n) is 12.0. The van der Waals surface area contributed by atoms with Gasteiger partial charge in [-0.3, -0.25) is 33.8 Å². The van der Waals surface area contributed by atoms with Crippen molar-refractivity contribution in [2.24, 2.45) is 29.4 Å². The number of likely N-dealkylation sites (tertiary alicyclic amines) is 1. The van der Waals surface area contributed by atoms with Gasteiger partial charge < -0.3 is 15.9 Å². The van der Waals surface area contributed by atoms with Crippen LogP contribution in [-0.2, 0) is 32.1 Å². The number of hydrogen-bond acceptors (Lipinski definition) is 9. The van der Waals surface area contributed by atoms with Crippen molar-refractivity contribution in [1.82, 2.24) is 9.80 Å². The smallest absolute Gasteiger partial charge is 0.235 e. The molecule has 0 bridgehead atoms. The number of aliphatic hydroxyl groups is 1. The molecule has 5 rings (SSSR count). The fourth-order valence-electron chi connectivity index (χ4n) is 7.58. The van der Waals surface area contributed by atoms with Gasteiger partial charge >= 0.3 is 0 Å². The summed E-state index contributed by atoms with van der Waals surface area (Å²) in [6.45, 7) is 4.76. The number of primary amides is 1. The van der Waals surface area contributed by atoms with Crippen LogP contribution in [0.25, 0.3) is 0 Å². The van der Waals surface area contributed by atoms with Crippen LogP contribution in [0.5, 0.6) is 5.75 Å². The first kappa shape index (κ1) is 27.9. The summed E-state index contributed by atoms with van der Waals surface area (Å²) < 4.78 is 0. The van der Waals surface area contributed by atoms with E-state index in [1.54, 1.807) is 14.1 Å². The molecule has 39 heavy (non-hydrogen) atoms. The Morgan fingerprint density at radius 2 is 1.77 bits per heavy atom. The zero-order chi connectivity index (χ0) is 28.7. The number of hydrogen-bond donors (Lipinski definition) is 3. The van der Waals surface area contributed by atoms with Gasteiger partial charge in [-0.05, 0) is 76.7 Å². The number of carbonyl (C=O) groups is 5. The monoisotopic (exact) mass is 559 g/mol. The largest absolute Gasteiger partial charge is 0.507 e. The first-order chi connectivity index (χ1) is 18.2. The molecule has 3 fully saturated rings. The van der Waals surface area contributed by atoms with E-state index in [0.29, 0.717) is 34.8 Å². The van der Waals surface area contributed by atoms with E-state index in [-0.39, 0.29) is 24.2 Å². The van der Waals surface area contributed by atoms with Crippen LogP contribution in [0.15, 0.2) is 6.07 Å². The van der Waals surface area contributed by atoms with Gasteiger partial charge in [0.1, 0.15) is 5.75 Å². The van der Waals surface area contributed by atoms with Gasteiger partial charge in [-0.25, -0.2) is 0 Å². The lowest BCUT2D eigenvalue weighted by Gasteiger charge is -2.52. The second-order valence-corrected chi connectivity index (χ2v) is 12.3. The number of amides is 1. The molecule has 4 unspecified atom stereocenters.